The standard InChI is InChI=1S/C10H13ClN4/c1-6(12)4-9-14-10(11)8-3-2-7(13)5-15(8)9/h2-3,5-6H,4,12-13H2,1H3. The fourth-order valence-corrected chi connectivity index (χ4v) is 1.81. The van der Waals surface area contributed by atoms with Crippen molar-refractivity contribution in [2.75, 3.05) is 5.73 Å². The van der Waals surface area contributed by atoms with Crippen LogP contribution in [0.25, 0.3) is 5.52 Å². The second-order valence-electron chi connectivity index (χ2n) is 3.72. The molecule has 2 rings (SSSR count). The zero-order valence-corrected chi connectivity index (χ0v) is 9.20. The lowest BCUT2D eigenvalue weighted by Crippen LogP contribution is -2.19. The van der Waals surface area contributed by atoms with Gasteiger partial charge in [-0.2, -0.15) is 0 Å². The molecule has 0 aliphatic heterocycles. The number of pyridine rings is 1. The maximum Gasteiger partial charge on any atom is 0.155 e. The van der Waals surface area contributed by atoms with Gasteiger partial charge in [0.05, 0.1) is 5.52 Å². The van der Waals surface area contributed by atoms with E-state index < -0.39 is 0 Å². The lowest BCUT2D eigenvalue weighted by atomic mass is 10.2. The van der Waals surface area contributed by atoms with Crippen molar-refractivity contribution >= 4 is 22.8 Å². The molecule has 0 radical (unpaired) electrons. The summed E-state index contributed by atoms with van der Waals surface area (Å²) < 4.78 is 1.89. The van der Waals surface area contributed by atoms with Gasteiger partial charge in [0.15, 0.2) is 5.15 Å². The van der Waals surface area contributed by atoms with Crippen LogP contribution in [0.15, 0.2) is 18.3 Å². The summed E-state index contributed by atoms with van der Waals surface area (Å²) >= 11 is 6.00. The number of nitrogens with two attached hydrogens (primary N) is 2. The Labute approximate surface area is 92.8 Å². The fourth-order valence-electron chi connectivity index (χ4n) is 1.56. The van der Waals surface area contributed by atoms with Crippen molar-refractivity contribution in [3.05, 3.63) is 29.3 Å². The molecular formula is C10H13ClN4. The molecule has 5 heteroatoms. The lowest BCUT2D eigenvalue weighted by Gasteiger charge is -2.04. The Morgan fingerprint density at radius 1 is 1.53 bits per heavy atom. The quantitative estimate of drug-likeness (QED) is 0.812. The average Bonchev–Trinajstić information content (AvgIpc) is 2.42. The molecule has 0 amide bonds. The number of rotatable bonds is 2. The molecule has 0 fully saturated rings. The minimum Gasteiger partial charge on any atom is -0.398 e. The van der Waals surface area contributed by atoms with Crippen molar-refractivity contribution in [1.82, 2.24) is 9.38 Å². The zero-order chi connectivity index (χ0) is 11.0. The minimum atomic E-state index is 0.0492. The molecule has 4 N–H and O–H groups in total. The van der Waals surface area contributed by atoms with E-state index in [-0.39, 0.29) is 6.04 Å². The highest BCUT2D eigenvalue weighted by atomic mass is 35.5. The summed E-state index contributed by atoms with van der Waals surface area (Å²) in [7, 11) is 0. The molecule has 80 valence electrons. The third kappa shape index (κ3) is 1.91. The molecule has 1 atom stereocenters. The Hall–Kier alpha value is -1.26. The summed E-state index contributed by atoms with van der Waals surface area (Å²) in [6.07, 6.45) is 2.49. The second kappa shape index (κ2) is 3.72. The summed E-state index contributed by atoms with van der Waals surface area (Å²) in [5.41, 5.74) is 13.0. The van der Waals surface area contributed by atoms with Gasteiger partial charge in [-0.1, -0.05) is 11.6 Å². The van der Waals surface area contributed by atoms with Crippen LogP contribution in [0, 0.1) is 0 Å². The van der Waals surface area contributed by atoms with Gasteiger partial charge in [-0.25, -0.2) is 4.98 Å². The number of halogens is 1. The van der Waals surface area contributed by atoms with E-state index in [1.165, 1.54) is 0 Å². The molecule has 0 aliphatic rings. The molecule has 15 heavy (non-hydrogen) atoms. The van der Waals surface area contributed by atoms with Crippen molar-refractivity contribution < 1.29 is 0 Å². The molecule has 0 aromatic carbocycles. The number of anilines is 1. The molecule has 2 aromatic heterocycles. The number of imidazole rings is 1. The number of fused-ring (bicyclic) bond motifs is 1. The van der Waals surface area contributed by atoms with Gasteiger partial charge in [-0.15, -0.1) is 0 Å². The van der Waals surface area contributed by atoms with Crippen molar-refractivity contribution in [3.63, 3.8) is 0 Å². The number of nitrogens with zero attached hydrogens (tertiary/aromatic N) is 2. The first kappa shape index (κ1) is 10.3. The summed E-state index contributed by atoms with van der Waals surface area (Å²) in [4.78, 5) is 4.26. The molecule has 0 spiro atoms. The van der Waals surface area contributed by atoms with Crippen LogP contribution in [-0.2, 0) is 6.42 Å². The Bertz CT molecular complexity index is 489. The van der Waals surface area contributed by atoms with Gasteiger partial charge in [-0.05, 0) is 19.1 Å². The van der Waals surface area contributed by atoms with Gasteiger partial charge in [0.1, 0.15) is 5.82 Å². The van der Waals surface area contributed by atoms with Crippen LogP contribution in [0.1, 0.15) is 12.7 Å². The van der Waals surface area contributed by atoms with Gasteiger partial charge in [0, 0.05) is 24.3 Å². The summed E-state index contributed by atoms with van der Waals surface area (Å²) in [5, 5.41) is 0.491. The fraction of sp³-hybridized carbons (Fsp3) is 0.300. The summed E-state index contributed by atoms with van der Waals surface area (Å²) in [5.74, 6) is 0.845. The third-order valence-corrected chi connectivity index (χ3v) is 2.47. The second-order valence-corrected chi connectivity index (χ2v) is 4.08. The highest BCUT2D eigenvalue weighted by Gasteiger charge is 2.10. The van der Waals surface area contributed by atoms with E-state index in [0.717, 1.165) is 11.3 Å². The number of hydrogen-bond donors (Lipinski definition) is 2. The minimum absolute atomic E-state index is 0.0492. The summed E-state index contributed by atoms with van der Waals surface area (Å²) in [6, 6.07) is 3.71. The molecular weight excluding hydrogens is 212 g/mol. The van der Waals surface area contributed by atoms with Crippen molar-refractivity contribution in [1.29, 1.82) is 0 Å². The van der Waals surface area contributed by atoms with Crippen LogP contribution >= 0.6 is 11.6 Å². The average molecular weight is 225 g/mol. The van der Waals surface area contributed by atoms with E-state index in [9.17, 15) is 0 Å². The number of aromatic nitrogens is 2. The van der Waals surface area contributed by atoms with Gasteiger partial charge >= 0.3 is 0 Å². The SMILES string of the molecule is CC(N)Cc1nc(Cl)c2ccc(N)cn12. The third-order valence-electron chi connectivity index (χ3n) is 2.19. The van der Waals surface area contributed by atoms with Gasteiger partial charge in [0.2, 0.25) is 0 Å². The molecule has 0 saturated heterocycles. The highest BCUT2D eigenvalue weighted by molar-refractivity contribution is 6.32. The molecule has 2 aromatic rings. The lowest BCUT2D eigenvalue weighted by molar-refractivity contribution is 0.700. The number of nitrogen functional groups attached to an aromatic ring is 1. The molecule has 0 saturated carbocycles. The normalized spacial score (nSPS) is 13.3. The Balaban J connectivity index is 2.59. The van der Waals surface area contributed by atoms with E-state index in [1.807, 2.05) is 23.6 Å². The Morgan fingerprint density at radius 3 is 2.93 bits per heavy atom. The van der Waals surface area contributed by atoms with Gasteiger partial charge in [0.25, 0.3) is 0 Å². The van der Waals surface area contributed by atoms with Crippen molar-refractivity contribution in [2.45, 2.75) is 19.4 Å². The van der Waals surface area contributed by atoms with Gasteiger partial charge < -0.3 is 15.9 Å². The van der Waals surface area contributed by atoms with E-state index in [1.54, 1.807) is 6.07 Å². The molecule has 1 unspecified atom stereocenters. The van der Waals surface area contributed by atoms with Crippen LogP contribution < -0.4 is 11.5 Å². The number of hydrogen-bond acceptors (Lipinski definition) is 3. The van der Waals surface area contributed by atoms with Crippen LogP contribution in [0.5, 0.6) is 0 Å². The topological polar surface area (TPSA) is 69.3 Å². The van der Waals surface area contributed by atoms with E-state index in [4.69, 9.17) is 23.1 Å². The van der Waals surface area contributed by atoms with Crippen LogP contribution in [-0.4, -0.2) is 15.4 Å². The van der Waals surface area contributed by atoms with E-state index >= 15 is 0 Å². The molecule has 0 bridgehead atoms. The maximum absolute atomic E-state index is 6.00. The van der Waals surface area contributed by atoms with Crippen LogP contribution in [0.2, 0.25) is 5.15 Å². The Kier molecular flexibility index (Phi) is 2.54. The predicted molar refractivity (Wildman–Crippen MR) is 62.0 cm³/mol. The predicted octanol–water partition coefficient (Wildman–Crippen LogP) is 1.46. The van der Waals surface area contributed by atoms with Crippen LogP contribution in [0.4, 0.5) is 5.69 Å². The van der Waals surface area contributed by atoms with E-state index in [2.05, 4.69) is 4.98 Å². The maximum atomic E-state index is 6.00. The van der Waals surface area contributed by atoms with Crippen LogP contribution in [0.3, 0.4) is 0 Å². The molecule has 0 aliphatic carbocycles. The molecule has 4 nitrogen and oxygen atoms in total. The largest absolute Gasteiger partial charge is 0.398 e. The Morgan fingerprint density at radius 2 is 2.27 bits per heavy atom. The van der Waals surface area contributed by atoms with Crippen molar-refractivity contribution in [3.8, 4) is 0 Å². The molecule has 2 heterocycles. The smallest absolute Gasteiger partial charge is 0.155 e. The van der Waals surface area contributed by atoms with Crippen molar-refractivity contribution in [2.24, 2.45) is 5.73 Å². The zero-order valence-electron chi connectivity index (χ0n) is 8.44. The monoisotopic (exact) mass is 224 g/mol. The van der Waals surface area contributed by atoms with E-state index in [0.29, 0.717) is 17.3 Å². The highest BCUT2D eigenvalue weighted by Crippen LogP contribution is 2.20. The van der Waals surface area contributed by atoms with Gasteiger partial charge in [-0.3, -0.25) is 0 Å². The summed E-state index contributed by atoms with van der Waals surface area (Å²) in [6.45, 7) is 1.93. The first-order chi connectivity index (χ1) is 7.08. The first-order valence-electron chi connectivity index (χ1n) is 4.75. The first-order valence-corrected chi connectivity index (χ1v) is 5.13.